The Hall–Kier alpha value is -5.76. The third-order valence-corrected chi connectivity index (χ3v) is 12.6. The van der Waals surface area contributed by atoms with Crippen LogP contribution in [0.1, 0.15) is 102 Å². The van der Waals surface area contributed by atoms with Crippen molar-refractivity contribution in [1.82, 2.24) is 0 Å². The first-order valence-corrected chi connectivity index (χ1v) is 19.8. The molecule has 0 bridgehead atoms. The number of hydrogen-bond acceptors (Lipinski definition) is 4. The van der Waals surface area contributed by atoms with Crippen LogP contribution in [-0.2, 0) is 0 Å². The SMILES string of the molecule is C=CC1CCC(c2cc(F)c(OC(=O)c3ccc4c5cccc6c(C(=O)Oc7c(F)cc(C8CCC(C)CC8)cc7F)ccc(c7cccc3c74)c65)c(F)c2)CC1. The summed E-state index contributed by atoms with van der Waals surface area (Å²) in [5, 5.41) is 5.56. The van der Waals surface area contributed by atoms with Crippen LogP contribution in [0.2, 0.25) is 0 Å². The summed E-state index contributed by atoms with van der Waals surface area (Å²) in [5.41, 5.74) is 1.39. The summed E-state index contributed by atoms with van der Waals surface area (Å²) in [4.78, 5) is 27.4. The fourth-order valence-corrected chi connectivity index (χ4v) is 9.47. The van der Waals surface area contributed by atoms with Gasteiger partial charge in [-0.1, -0.05) is 74.4 Å². The second kappa shape index (κ2) is 14.6. The van der Waals surface area contributed by atoms with E-state index in [9.17, 15) is 9.59 Å². The van der Waals surface area contributed by atoms with Gasteiger partial charge in [0.1, 0.15) is 0 Å². The average Bonchev–Trinajstić information content (AvgIpc) is 3.22. The van der Waals surface area contributed by atoms with Gasteiger partial charge in [-0.2, -0.15) is 0 Å². The fourth-order valence-electron chi connectivity index (χ4n) is 9.47. The highest BCUT2D eigenvalue weighted by molar-refractivity contribution is 6.35. The molecule has 4 nitrogen and oxygen atoms in total. The van der Waals surface area contributed by atoms with Gasteiger partial charge in [-0.25, -0.2) is 27.2 Å². The number of carbonyl (C=O) groups is 2. The molecule has 0 atom stereocenters. The van der Waals surface area contributed by atoms with Crippen molar-refractivity contribution < 1.29 is 36.6 Å². The molecule has 2 aliphatic carbocycles. The van der Waals surface area contributed by atoms with Crippen molar-refractivity contribution in [2.75, 3.05) is 0 Å². The molecule has 0 amide bonds. The molecule has 0 heterocycles. The van der Waals surface area contributed by atoms with E-state index in [4.69, 9.17) is 9.47 Å². The van der Waals surface area contributed by atoms with Gasteiger partial charge in [-0.15, -0.1) is 6.58 Å². The van der Waals surface area contributed by atoms with Gasteiger partial charge >= 0.3 is 11.9 Å². The molecule has 2 saturated carbocycles. The number of benzene rings is 7. The monoisotopic (exact) mass is 768 g/mol. The normalized spacial score (nSPS) is 20.0. The molecule has 288 valence electrons. The highest BCUT2D eigenvalue weighted by Gasteiger charge is 2.28. The summed E-state index contributed by atoms with van der Waals surface area (Å²) < 4.78 is 72.5. The zero-order chi connectivity index (χ0) is 39.5. The maximum Gasteiger partial charge on any atom is 0.344 e. The Labute approximate surface area is 327 Å². The smallest absolute Gasteiger partial charge is 0.344 e. The van der Waals surface area contributed by atoms with E-state index in [1.165, 1.54) is 24.3 Å². The molecule has 2 fully saturated rings. The van der Waals surface area contributed by atoms with Crippen LogP contribution in [-0.4, -0.2) is 11.9 Å². The van der Waals surface area contributed by atoms with E-state index < -0.39 is 46.7 Å². The summed E-state index contributed by atoms with van der Waals surface area (Å²) in [6, 6.07) is 22.6. The van der Waals surface area contributed by atoms with Crippen molar-refractivity contribution >= 4 is 55.0 Å². The minimum absolute atomic E-state index is 0.0164. The Morgan fingerprint density at radius 2 is 0.912 bits per heavy atom. The molecule has 0 N–H and O–H groups in total. The second-order valence-electron chi connectivity index (χ2n) is 16.0. The lowest BCUT2D eigenvalue weighted by atomic mass is 9.79. The topological polar surface area (TPSA) is 52.6 Å². The minimum Gasteiger partial charge on any atom is -0.417 e. The van der Waals surface area contributed by atoms with Gasteiger partial charge in [0.2, 0.25) is 11.5 Å². The third-order valence-electron chi connectivity index (χ3n) is 12.6. The van der Waals surface area contributed by atoms with Crippen molar-refractivity contribution in [3.05, 3.63) is 143 Å². The lowest BCUT2D eigenvalue weighted by molar-refractivity contribution is 0.0713. The Balaban J connectivity index is 1.04. The summed E-state index contributed by atoms with van der Waals surface area (Å²) in [5.74, 6) is -5.90. The molecule has 57 heavy (non-hydrogen) atoms. The quantitative estimate of drug-likeness (QED) is 0.0405. The van der Waals surface area contributed by atoms with E-state index in [-0.39, 0.29) is 23.0 Å². The highest BCUT2D eigenvalue weighted by Crippen LogP contribution is 2.44. The van der Waals surface area contributed by atoms with E-state index in [1.54, 1.807) is 48.5 Å². The number of allylic oxidation sites excluding steroid dienone is 1. The maximum atomic E-state index is 15.4. The van der Waals surface area contributed by atoms with Gasteiger partial charge in [0, 0.05) is 0 Å². The molecule has 0 radical (unpaired) electrons. The van der Waals surface area contributed by atoms with Gasteiger partial charge in [0.25, 0.3) is 0 Å². The number of hydrogen-bond donors (Lipinski definition) is 0. The Kier molecular flexibility index (Phi) is 9.46. The number of ether oxygens (including phenoxy) is 2. The molecule has 9 rings (SSSR count). The molecule has 0 unspecified atom stereocenters. The molecular formula is C49H40F4O4. The van der Waals surface area contributed by atoms with Crippen LogP contribution in [0.5, 0.6) is 11.5 Å². The van der Waals surface area contributed by atoms with Crippen molar-refractivity contribution in [1.29, 1.82) is 0 Å². The second-order valence-corrected chi connectivity index (χ2v) is 16.0. The first-order chi connectivity index (χ1) is 27.6. The first-order valence-electron chi connectivity index (χ1n) is 19.8. The van der Waals surface area contributed by atoms with Gasteiger partial charge in [0.15, 0.2) is 23.3 Å². The predicted octanol–water partition coefficient (Wildman–Crippen LogP) is 13.5. The predicted molar refractivity (Wildman–Crippen MR) is 216 cm³/mol. The van der Waals surface area contributed by atoms with Gasteiger partial charge in [-0.05, 0) is 153 Å². The van der Waals surface area contributed by atoms with E-state index in [0.29, 0.717) is 33.7 Å². The number of fused-ring (bicyclic) bond motifs is 2. The summed E-state index contributed by atoms with van der Waals surface area (Å²) in [7, 11) is 0. The Morgan fingerprint density at radius 3 is 1.32 bits per heavy atom. The lowest BCUT2D eigenvalue weighted by Gasteiger charge is -2.27. The van der Waals surface area contributed by atoms with Crippen LogP contribution in [0.25, 0.3) is 43.1 Å². The largest absolute Gasteiger partial charge is 0.417 e. The minimum atomic E-state index is -0.932. The average molecular weight is 769 g/mol. The fraction of sp³-hybridized carbons (Fsp3) is 0.265. The first kappa shape index (κ1) is 36.9. The van der Waals surface area contributed by atoms with Crippen LogP contribution >= 0.6 is 0 Å². The molecule has 7 aromatic rings. The summed E-state index contributed by atoms with van der Waals surface area (Å²) >= 11 is 0. The molecule has 0 aliphatic heterocycles. The van der Waals surface area contributed by atoms with E-state index >= 15 is 17.6 Å². The van der Waals surface area contributed by atoms with Crippen LogP contribution in [0.3, 0.4) is 0 Å². The van der Waals surface area contributed by atoms with Gasteiger partial charge in [0.05, 0.1) is 11.1 Å². The standard InChI is InChI=1S/C49H40F4O4/c1-3-27-12-16-29(17-13-27)31-24-42(52)47(43(53)25-31)57-49(55)39-21-19-37-32-6-4-8-34-38(20-18-36(44(32)34)33-7-5-9-35(39)45(33)37)48(54)56-46-40(50)22-30(23-41(46)51)28-14-10-26(2)11-15-28/h3-9,18-29H,1,10-17H2,2H3. The van der Waals surface area contributed by atoms with E-state index in [2.05, 4.69) is 13.5 Å². The third kappa shape index (κ3) is 6.49. The van der Waals surface area contributed by atoms with Crippen LogP contribution < -0.4 is 9.47 Å². The van der Waals surface area contributed by atoms with Gasteiger partial charge < -0.3 is 9.47 Å². The summed E-state index contributed by atoms with van der Waals surface area (Å²) in [6.07, 6.45) is 9.05. The molecule has 0 aromatic heterocycles. The van der Waals surface area contributed by atoms with Crippen molar-refractivity contribution in [2.45, 2.75) is 70.1 Å². The summed E-state index contributed by atoms with van der Waals surface area (Å²) in [6.45, 7) is 6.05. The molecule has 8 heteroatoms. The van der Waals surface area contributed by atoms with Gasteiger partial charge in [-0.3, -0.25) is 0 Å². The van der Waals surface area contributed by atoms with Crippen LogP contribution in [0.4, 0.5) is 17.6 Å². The van der Waals surface area contributed by atoms with E-state index in [1.807, 2.05) is 18.2 Å². The number of halogens is 4. The molecule has 0 saturated heterocycles. The van der Waals surface area contributed by atoms with Crippen molar-refractivity contribution in [2.24, 2.45) is 11.8 Å². The highest BCUT2D eigenvalue weighted by atomic mass is 19.1. The number of rotatable bonds is 7. The van der Waals surface area contributed by atoms with Crippen molar-refractivity contribution in [3.63, 3.8) is 0 Å². The number of carbonyl (C=O) groups excluding carboxylic acids is 2. The lowest BCUT2D eigenvalue weighted by Crippen LogP contribution is -2.14. The molecule has 0 spiro atoms. The zero-order valence-corrected chi connectivity index (χ0v) is 31.5. The molecular weight excluding hydrogens is 729 g/mol. The number of esters is 2. The zero-order valence-electron chi connectivity index (χ0n) is 31.5. The van der Waals surface area contributed by atoms with E-state index in [0.717, 1.165) is 83.7 Å². The van der Waals surface area contributed by atoms with Crippen molar-refractivity contribution in [3.8, 4) is 11.5 Å². The Bertz CT molecular complexity index is 2670. The Morgan fingerprint density at radius 1 is 0.544 bits per heavy atom. The van der Waals surface area contributed by atoms with Crippen LogP contribution in [0, 0.1) is 35.1 Å². The molecule has 2 aliphatic rings. The molecule has 7 aromatic carbocycles. The van der Waals surface area contributed by atoms with Crippen LogP contribution in [0.15, 0.2) is 97.6 Å². The maximum absolute atomic E-state index is 15.4.